The van der Waals surface area contributed by atoms with Crippen molar-refractivity contribution >= 4 is 54.1 Å². The Labute approximate surface area is 349 Å². The third kappa shape index (κ3) is 8.68. The maximum atomic E-state index is 18.2. The van der Waals surface area contributed by atoms with Crippen LogP contribution in [0.5, 0.6) is 0 Å². The number of anilines is 2. The zero-order valence-electron chi connectivity index (χ0n) is 33.6. The van der Waals surface area contributed by atoms with E-state index < -0.39 is 70.9 Å². The molecule has 0 saturated heterocycles. The molecule has 2 saturated carbocycles. The third-order valence-corrected chi connectivity index (χ3v) is 22.6. The molecule has 0 unspecified atom stereocenters. The van der Waals surface area contributed by atoms with Crippen LogP contribution in [0.4, 0.5) is 28.9 Å². The average Bonchev–Trinajstić information content (AvgIpc) is 3.96. The first kappa shape index (κ1) is 43.9. The summed E-state index contributed by atoms with van der Waals surface area (Å²) < 4.78 is 68.5. The second-order valence-electron chi connectivity index (χ2n) is 17.8. The second kappa shape index (κ2) is 18.3. The number of halogens is 6. The summed E-state index contributed by atoms with van der Waals surface area (Å²) in [5.41, 5.74) is -2.41. The van der Waals surface area contributed by atoms with Crippen molar-refractivity contribution < 1.29 is 43.7 Å². The van der Waals surface area contributed by atoms with Crippen LogP contribution in [0, 0.1) is 45.9 Å². The molecule has 0 atom stereocenters. The summed E-state index contributed by atoms with van der Waals surface area (Å²) in [6.45, 7) is 7.22. The van der Waals surface area contributed by atoms with E-state index in [1.165, 1.54) is 21.9 Å². The molecule has 2 aromatic rings. The summed E-state index contributed by atoms with van der Waals surface area (Å²) in [6.07, 6.45) is 23.6. The van der Waals surface area contributed by atoms with Gasteiger partial charge in [0.2, 0.25) is 0 Å². The molecule has 2 aromatic carbocycles. The molecule has 0 radical (unpaired) electrons. The van der Waals surface area contributed by atoms with Gasteiger partial charge >= 0.3 is 352 Å². The Morgan fingerprint density at radius 2 is 0.930 bits per heavy atom. The topological polar surface area (TPSA) is 40.6 Å². The molecule has 0 aliphatic heterocycles. The molecule has 0 N–H and O–H groups in total. The van der Waals surface area contributed by atoms with Gasteiger partial charge in [-0.3, -0.25) is 0 Å². The van der Waals surface area contributed by atoms with Gasteiger partial charge in [-0.1, -0.05) is 0 Å². The van der Waals surface area contributed by atoms with Crippen molar-refractivity contribution in [1.29, 1.82) is 0 Å². The van der Waals surface area contributed by atoms with Gasteiger partial charge in [-0.2, -0.15) is 0 Å². The number of hydrogen-bond acceptors (Lipinski definition) is 2. The minimum absolute atomic E-state index is 0.0282. The number of allylic oxidation sites excluding steroid dienone is 8. The molecule has 4 nitrogen and oxygen atoms in total. The molecule has 308 valence electrons. The predicted molar refractivity (Wildman–Crippen MR) is 223 cm³/mol. The zero-order chi connectivity index (χ0) is 41.1. The third-order valence-electron chi connectivity index (χ3n) is 12.7. The Morgan fingerprint density at radius 1 is 0.596 bits per heavy atom. The van der Waals surface area contributed by atoms with Gasteiger partial charge in [0.25, 0.3) is 0 Å². The number of nitrogens with zero attached hydrogens (tertiary/aromatic N) is 2. The van der Waals surface area contributed by atoms with E-state index in [1.807, 2.05) is 0 Å². The molecule has 0 bridgehead atoms. The van der Waals surface area contributed by atoms with Crippen LogP contribution in [0.3, 0.4) is 0 Å². The van der Waals surface area contributed by atoms with E-state index in [1.54, 1.807) is 76.3 Å². The molecule has 0 spiro atoms. The number of carbonyl (C=O) groups excluding carboxylic acids is 2. The van der Waals surface area contributed by atoms with Crippen molar-refractivity contribution in [1.82, 2.24) is 0 Å². The summed E-state index contributed by atoms with van der Waals surface area (Å²) in [4.78, 5) is 31.6. The molecular weight excluding hydrogens is 807 g/mol. The van der Waals surface area contributed by atoms with Gasteiger partial charge in [0.05, 0.1) is 0 Å². The standard InChI is InChI=1S/2C18H23ClF2NO.2C5H5.Ti/c2*1-18(2,12-19)17(23)22(11-13-6-4-3-5-7-13)16-9-8-14(20)10-15(16)21;2*1-2-4-5-3-1;/h2*8-9,13H,3-7,11-12H2,1-2H3;2*1-5H;. The van der Waals surface area contributed by atoms with E-state index >= 15 is 17.6 Å². The van der Waals surface area contributed by atoms with Crippen LogP contribution in [0.25, 0.3) is 0 Å². The van der Waals surface area contributed by atoms with Crippen LogP contribution < -0.4 is 17.5 Å². The van der Waals surface area contributed by atoms with E-state index in [0.717, 1.165) is 76.3 Å². The van der Waals surface area contributed by atoms with E-state index in [0.29, 0.717) is 0 Å². The number of alkyl halides is 2. The zero-order valence-corrected chi connectivity index (χ0v) is 36.7. The SMILES string of the molecule is CC(C)(CCl)C(=O)N(CC1CCCCC1)c1ccc(F)[c]([Ti]([c]2c(F)ccc(N(CC3CCCCC3)C(=O)C(C)(C)CCl)c2F)([CH]2C=CC=C2)[CH]2C=CC=C2)c1F. The van der Waals surface area contributed by atoms with Gasteiger partial charge in [-0.15, -0.1) is 0 Å². The van der Waals surface area contributed by atoms with Crippen molar-refractivity contribution in [2.24, 2.45) is 22.7 Å². The maximum absolute atomic E-state index is 18.2. The number of hydrogen-bond donors (Lipinski definition) is 0. The molecule has 4 aliphatic rings. The first-order valence-corrected chi connectivity index (χ1v) is 25.0. The van der Waals surface area contributed by atoms with E-state index in [4.69, 9.17) is 23.2 Å². The fourth-order valence-corrected chi connectivity index (χ4v) is 18.4. The number of amides is 2. The van der Waals surface area contributed by atoms with Crippen LogP contribution in [0.2, 0.25) is 8.45 Å². The van der Waals surface area contributed by atoms with Crippen LogP contribution >= 0.6 is 23.2 Å². The van der Waals surface area contributed by atoms with Crippen molar-refractivity contribution in [3.05, 3.63) is 96.1 Å². The number of rotatable bonds is 14. The molecule has 2 amide bonds. The monoisotopic (exact) mass is 862 g/mol. The molecule has 0 aromatic heterocycles. The first-order valence-electron chi connectivity index (χ1n) is 20.6. The predicted octanol–water partition coefficient (Wildman–Crippen LogP) is 11.5. The molecule has 57 heavy (non-hydrogen) atoms. The van der Waals surface area contributed by atoms with Gasteiger partial charge in [0, 0.05) is 0 Å². The Kier molecular flexibility index (Phi) is 14.1. The van der Waals surface area contributed by atoms with Crippen LogP contribution in [-0.4, -0.2) is 36.7 Å². The van der Waals surface area contributed by atoms with Crippen molar-refractivity contribution in [3.8, 4) is 0 Å². The van der Waals surface area contributed by atoms with Gasteiger partial charge < -0.3 is 0 Å². The van der Waals surface area contributed by atoms with E-state index in [-0.39, 0.29) is 55.8 Å². The van der Waals surface area contributed by atoms with Gasteiger partial charge in [0.1, 0.15) is 0 Å². The van der Waals surface area contributed by atoms with Crippen molar-refractivity contribution in [3.63, 3.8) is 0 Å². The van der Waals surface area contributed by atoms with Crippen LogP contribution in [0.15, 0.2) is 72.9 Å². The normalized spacial score (nSPS) is 18.6. The first-order chi connectivity index (χ1) is 27.2. The fourth-order valence-electron chi connectivity index (χ4n) is 9.43. The molecule has 11 heteroatoms. The van der Waals surface area contributed by atoms with Gasteiger partial charge in [0.15, 0.2) is 0 Å². The molecule has 2 fully saturated rings. The summed E-state index contributed by atoms with van der Waals surface area (Å²) in [7, 11) is 0. The molecular formula is C46H56Cl2F4N2O2Ti. The van der Waals surface area contributed by atoms with E-state index in [9.17, 15) is 9.59 Å². The van der Waals surface area contributed by atoms with Crippen LogP contribution in [0.1, 0.15) is 91.9 Å². The van der Waals surface area contributed by atoms with Gasteiger partial charge in [-0.25, -0.2) is 0 Å². The van der Waals surface area contributed by atoms with Crippen molar-refractivity contribution in [2.75, 3.05) is 34.6 Å². The number of benzene rings is 2. The summed E-state index contributed by atoms with van der Waals surface area (Å²) in [6, 6.07) is 4.87. The van der Waals surface area contributed by atoms with Crippen molar-refractivity contribution in [2.45, 2.75) is 100 Å². The summed E-state index contributed by atoms with van der Waals surface area (Å²) >= 11 is 7.37. The summed E-state index contributed by atoms with van der Waals surface area (Å²) in [5, 5.41) is 0. The quantitative estimate of drug-likeness (QED) is 0.108. The van der Waals surface area contributed by atoms with Crippen LogP contribution in [-0.2, 0) is 26.2 Å². The second-order valence-corrected chi connectivity index (χ2v) is 24.7. The average molecular weight is 864 g/mol. The fraction of sp³-hybridized carbons (Fsp3) is 0.522. The number of carbonyl (C=O) groups is 2. The molecule has 6 rings (SSSR count). The molecule has 4 aliphatic carbocycles. The van der Waals surface area contributed by atoms with Gasteiger partial charge in [-0.05, 0) is 0 Å². The summed E-state index contributed by atoms with van der Waals surface area (Å²) in [5.74, 6) is -4.53. The minimum atomic E-state index is -5.30. The molecule has 0 heterocycles. The van der Waals surface area contributed by atoms with E-state index in [2.05, 4.69) is 0 Å². The Bertz CT molecular complexity index is 1770. The Balaban J connectivity index is 1.64. The Morgan fingerprint density at radius 3 is 1.25 bits per heavy atom. The Hall–Kier alpha value is -2.65.